The van der Waals surface area contributed by atoms with Gasteiger partial charge in [0.1, 0.15) is 0 Å². The van der Waals surface area contributed by atoms with Gasteiger partial charge in [-0.05, 0) is 22.7 Å². The SMILES string of the molecule is C.C=S(=O)([O-])CCC[N+](C)(C)CCC(C)(C)C.CC(C)(C)CCS(=O)(=O)[O-].CC(C)(C)CC[N+](C)(C)C.[Br-].[Na+]. The monoisotopic (exact) mass is 676 g/mol. The van der Waals surface area contributed by atoms with E-state index in [1.54, 1.807) is 0 Å². The van der Waals surface area contributed by atoms with Crippen LogP contribution in [-0.4, -0.2) is 103 Å². The van der Waals surface area contributed by atoms with E-state index in [0.29, 0.717) is 23.7 Å². The van der Waals surface area contributed by atoms with E-state index >= 15 is 0 Å². The Labute approximate surface area is 279 Å². The molecule has 39 heavy (non-hydrogen) atoms. The van der Waals surface area contributed by atoms with Gasteiger partial charge in [0.25, 0.3) is 0 Å². The van der Waals surface area contributed by atoms with Crippen LogP contribution in [0.5, 0.6) is 0 Å². The van der Waals surface area contributed by atoms with Crippen molar-refractivity contribution in [3.8, 4) is 0 Å². The Bertz CT molecular complexity index is 791. The van der Waals surface area contributed by atoms with Crippen LogP contribution in [0.3, 0.4) is 0 Å². The quantitative estimate of drug-likeness (QED) is 0.134. The maximum absolute atomic E-state index is 10.9. The third-order valence-electron chi connectivity index (χ3n) is 5.32. The van der Waals surface area contributed by atoms with Crippen molar-refractivity contribution in [2.45, 2.75) is 95.4 Å². The number of hydrogen-bond donors (Lipinski definition) is 0. The number of quaternary nitrogens is 2. The van der Waals surface area contributed by atoms with Crippen molar-refractivity contribution >= 4 is 25.8 Å². The minimum absolute atomic E-state index is 0. The number of halogens is 1. The molecule has 0 aliphatic carbocycles. The molecule has 0 spiro atoms. The van der Waals surface area contributed by atoms with Gasteiger partial charge in [-0.2, -0.15) is 0 Å². The molecule has 0 rings (SSSR count). The summed E-state index contributed by atoms with van der Waals surface area (Å²) < 4.78 is 54.2. The van der Waals surface area contributed by atoms with E-state index in [1.165, 1.54) is 13.0 Å². The average Bonchev–Trinajstić information content (AvgIpc) is 2.54. The molecule has 238 valence electrons. The molecule has 0 heterocycles. The summed E-state index contributed by atoms with van der Waals surface area (Å²) in [4.78, 5) is 0. The molecule has 1 unspecified atom stereocenters. The normalized spacial score (nSPS) is 14.1. The molecule has 0 aromatic carbocycles. The zero-order valence-corrected chi connectivity index (χ0v) is 32.9. The molecule has 0 aromatic rings. The van der Waals surface area contributed by atoms with Crippen LogP contribution in [-0.2, 0) is 19.9 Å². The molecule has 0 saturated carbocycles. The van der Waals surface area contributed by atoms with Gasteiger partial charge >= 0.3 is 29.6 Å². The summed E-state index contributed by atoms with van der Waals surface area (Å²) in [5.41, 5.74) is 0.761. The zero-order chi connectivity index (χ0) is 29.9. The summed E-state index contributed by atoms with van der Waals surface area (Å²) in [6, 6.07) is 0. The molecule has 0 fully saturated rings. The fourth-order valence-electron chi connectivity index (χ4n) is 2.56. The molecule has 0 bridgehead atoms. The molecule has 0 saturated heterocycles. The third-order valence-corrected chi connectivity index (χ3v) is 6.94. The van der Waals surface area contributed by atoms with Gasteiger partial charge < -0.3 is 35.1 Å². The second-order valence-electron chi connectivity index (χ2n) is 15.4. The Kier molecular flexibility index (Phi) is 28.6. The third kappa shape index (κ3) is 59.5. The van der Waals surface area contributed by atoms with E-state index in [0.717, 1.165) is 28.5 Å². The summed E-state index contributed by atoms with van der Waals surface area (Å²) >= 11 is 0. The molecular formula is C28H66BrN2NaO5S2. The molecule has 0 aliphatic rings. The molecule has 0 aliphatic heterocycles. The molecule has 11 heteroatoms. The number of nitrogens with zero attached hydrogens (tertiary/aromatic N) is 2. The minimum Gasteiger partial charge on any atom is -1.00 e. The fourth-order valence-corrected chi connectivity index (χ4v) is 4.00. The zero-order valence-electron chi connectivity index (χ0n) is 27.7. The van der Waals surface area contributed by atoms with Crippen LogP contribution in [0.2, 0.25) is 0 Å². The first-order valence-electron chi connectivity index (χ1n) is 12.9. The molecule has 1 atom stereocenters. The predicted octanol–water partition coefficient (Wildman–Crippen LogP) is -0.523. The first-order chi connectivity index (χ1) is 15.3. The van der Waals surface area contributed by atoms with Gasteiger partial charge in [-0.3, -0.25) is 4.21 Å². The van der Waals surface area contributed by atoms with E-state index in [2.05, 4.69) is 82.7 Å². The van der Waals surface area contributed by atoms with Crippen molar-refractivity contribution in [2.75, 3.05) is 66.4 Å². The van der Waals surface area contributed by atoms with E-state index < -0.39 is 19.9 Å². The first-order valence-corrected chi connectivity index (χ1v) is 16.3. The van der Waals surface area contributed by atoms with Gasteiger partial charge in [-0.1, -0.05) is 85.4 Å². The topological polar surface area (TPSA) is 97.3 Å². The van der Waals surface area contributed by atoms with Crippen LogP contribution in [0, 0.1) is 16.2 Å². The molecule has 0 aromatic heterocycles. The van der Waals surface area contributed by atoms with Gasteiger partial charge in [0.05, 0.1) is 65.0 Å². The second kappa shape index (κ2) is 21.1. The Morgan fingerprint density at radius 1 is 0.641 bits per heavy atom. The number of rotatable bonds is 10. The Hall–Kier alpha value is 1.29. The smallest absolute Gasteiger partial charge is 1.00 e. The van der Waals surface area contributed by atoms with Crippen LogP contribution in [0.4, 0.5) is 0 Å². The summed E-state index contributed by atoms with van der Waals surface area (Å²) in [5.74, 6) is 3.09. The van der Waals surface area contributed by atoms with Crippen LogP contribution >= 0.6 is 0 Å². The van der Waals surface area contributed by atoms with Crippen molar-refractivity contribution in [1.82, 2.24) is 0 Å². The first kappa shape index (κ1) is 52.9. The van der Waals surface area contributed by atoms with Gasteiger partial charge in [0.15, 0.2) is 0 Å². The Morgan fingerprint density at radius 2 is 0.974 bits per heavy atom. The van der Waals surface area contributed by atoms with Crippen molar-refractivity contribution in [3.05, 3.63) is 0 Å². The second-order valence-corrected chi connectivity index (χ2v) is 18.8. The van der Waals surface area contributed by atoms with Crippen LogP contribution in [0.1, 0.15) is 95.4 Å². The fraction of sp³-hybridized carbons (Fsp3) is 0.964. The van der Waals surface area contributed by atoms with Gasteiger partial charge in [-0.15, -0.1) is 0 Å². The molecule has 0 amide bonds. The summed E-state index contributed by atoms with van der Waals surface area (Å²) in [7, 11) is 3.98. The van der Waals surface area contributed by atoms with E-state index in [4.69, 9.17) is 0 Å². The van der Waals surface area contributed by atoms with E-state index in [1.807, 2.05) is 20.8 Å². The maximum Gasteiger partial charge on any atom is 1.00 e. The predicted molar refractivity (Wildman–Crippen MR) is 164 cm³/mol. The van der Waals surface area contributed by atoms with Gasteiger partial charge in [-0.25, -0.2) is 8.42 Å². The van der Waals surface area contributed by atoms with Crippen molar-refractivity contribution in [3.63, 3.8) is 0 Å². The van der Waals surface area contributed by atoms with Gasteiger partial charge in [0, 0.05) is 30.8 Å². The minimum atomic E-state index is -4.01. The number of hydrogen-bond acceptors (Lipinski definition) is 5. The molecule has 0 radical (unpaired) electrons. The van der Waals surface area contributed by atoms with E-state index in [9.17, 15) is 21.7 Å². The van der Waals surface area contributed by atoms with Crippen molar-refractivity contribution in [1.29, 1.82) is 0 Å². The largest absolute Gasteiger partial charge is 1.00 e. The maximum atomic E-state index is 10.9. The Balaban J connectivity index is -0.000000105. The molecule has 7 nitrogen and oxygen atoms in total. The van der Waals surface area contributed by atoms with E-state index in [-0.39, 0.29) is 70.9 Å². The van der Waals surface area contributed by atoms with Crippen molar-refractivity contribution < 1.29 is 77.2 Å². The van der Waals surface area contributed by atoms with Crippen LogP contribution < -0.4 is 46.5 Å². The van der Waals surface area contributed by atoms with Gasteiger partial charge in [0.2, 0.25) is 0 Å². The summed E-state index contributed by atoms with van der Waals surface area (Å²) in [5, 5.41) is 0. The Morgan fingerprint density at radius 3 is 1.18 bits per heavy atom. The summed E-state index contributed by atoms with van der Waals surface area (Å²) in [6.07, 6.45) is 3.58. The van der Waals surface area contributed by atoms with Crippen molar-refractivity contribution in [2.24, 2.45) is 16.2 Å². The summed E-state index contributed by atoms with van der Waals surface area (Å²) in [6.45, 7) is 22.5. The average molecular weight is 678 g/mol. The van der Waals surface area contributed by atoms with Crippen LogP contribution in [0.25, 0.3) is 0 Å². The molecular weight excluding hydrogens is 611 g/mol. The van der Waals surface area contributed by atoms with Crippen LogP contribution in [0.15, 0.2) is 0 Å². The standard InChI is InChI=1S/C12H27NO2S.C9H22N.C6H14O3S.CH4.BrH.Na/c1-12(2,3)8-10-13(4,5)9-7-11-16(6,14)15;1-9(2,3)7-8-10(4,5)6;1-6(2,3)4-5-10(7,8)9;;;/h6-11H2,1-5H3;7-8H2,1-6H3;4-5H2,1-3H3,(H,7,8,9);1H4;1H;/q;+1;;;;+1/p-2. The molecule has 0 N–H and O–H groups in total.